The highest BCUT2D eigenvalue weighted by Crippen LogP contribution is 2.28. The van der Waals surface area contributed by atoms with Gasteiger partial charge in [-0.05, 0) is 0 Å². The van der Waals surface area contributed by atoms with Gasteiger partial charge in [-0.1, -0.05) is 0 Å². The first-order valence-corrected chi connectivity index (χ1v) is 4.11. The third-order valence-electron chi connectivity index (χ3n) is 2.06. The number of hydrazone groups is 1. The van der Waals surface area contributed by atoms with E-state index in [1.807, 2.05) is 0 Å². The van der Waals surface area contributed by atoms with Crippen LogP contribution in [0.25, 0.3) is 0 Å². The second-order valence-electron chi connectivity index (χ2n) is 2.94. The van der Waals surface area contributed by atoms with Gasteiger partial charge in [0, 0.05) is 18.6 Å². The van der Waals surface area contributed by atoms with Gasteiger partial charge in [0.1, 0.15) is 17.4 Å². The highest BCUT2D eigenvalue weighted by molar-refractivity contribution is 6.03. The molecule has 1 aliphatic rings. The summed E-state index contributed by atoms with van der Waals surface area (Å²) in [6.07, 6.45) is 0.437. The third-order valence-corrected chi connectivity index (χ3v) is 2.06. The summed E-state index contributed by atoms with van der Waals surface area (Å²) < 4.78 is 31.2. The zero-order chi connectivity index (χ0) is 10.1. The van der Waals surface area contributed by atoms with Crippen molar-refractivity contribution in [2.45, 2.75) is 6.42 Å². The van der Waals surface area contributed by atoms with E-state index in [1.54, 1.807) is 0 Å². The van der Waals surface area contributed by atoms with Crippen molar-refractivity contribution in [1.29, 1.82) is 0 Å². The summed E-state index contributed by atoms with van der Waals surface area (Å²) in [4.78, 5) is 0. The van der Waals surface area contributed by atoms with Gasteiger partial charge in [-0.25, -0.2) is 8.78 Å². The molecule has 0 aliphatic carbocycles. The van der Waals surface area contributed by atoms with E-state index in [2.05, 4.69) is 5.10 Å². The van der Waals surface area contributed by atoms with Crippen molar-refractivity contribution in [3.05, 3.63) is 29.3 Å². The van der Waals surface area contributed by atoms with Gasteiger partial charge in [-0.15, -0.1) is 0 Å². The van der Waals surface area contributed by atoms with Gasteiger partial charge in [0.25, 0.3) is 0 Å². The molecule has 0 radical (unpaired) electrons. The van der Waals surface area contributed by atoms with Crippen molar-refractivity contribution in [2.75, 3.05) is 6.61 Å². The lowest BCUT2D eigenvalue weighted by Crippen LogP contribution is -2.19. The van der Waals surface area contributed by atoms with Crippen molar-refractivity contribution in [2.24, 2.45) is 10.9 Å². The quantitative estimate of drug-likeness (QED) is 0.506. The fraction of sp³-hybridized carbons (Fsp3) is 0.222. The molecule has 0 spiro atoms. The van der Waals surface area contributed by atoms with Gasteiger partial charge in [0.2, 0.25) is 0 Å². The summed E-state index contributed by atoms with van der Waals surface area (Å²) in [5, 5.41) is 3.45. The highest BCUT2D eigenvalue weighted by Gasteiger charge is 2.22. The van der Waals surface area contributed by atoms with Crippen LogP contribution >= 0.6 is 0 Å². The minimum Gasteiger partial charge on any atom is -0.492 e. The molecule has 2 rings (SSSR count). The molecule has 0 saturated heterocycles. The Morgan fingerprint density at radius 2 is 2.14 bits per heavy atom. The van der Waals surface area contributed by atoms with Gasteiger partial charge < -0.3 is 10.6 Å². The number of hydrogen-bond acceptors (Lipinski definition) is 3. The van der Waals surface area contributed by atoms with E-state index >= 15 is 0 Å². The Labute approximate surface area is 79.2 Å². The maximum atomic E-state index is 13.3. The Morgan fingerprint density at radius 1 is 1.36 bits per heavy atom. The van der Waals surface area contributed by atoms with Crippen LogP contribution < -0.4 is 10.6 Å². The largest absolute Gasteiger partial charge is 0.492 e. The summed E-state index contributed by atoms with van der Waals surface area (Å²) in [7, 11) is 0. The number of fused-ring (bicyclic) bond motifs is 1. The van der Waals surface area contributed by atoms with Gasteiger partial charge in [0.15, 0.2) is 0 Å². The average molecular weight is 198 g/mol. The summed E-state index contributed by atoms with van der Waals surface area (Å²) in [5.41, 5.74) is 0.573. The van der Waals surface area contributed by atoms with E-state index in [-0.39, 0.29) is 11.3 Å². The standard InChI is InChI=1S/C9H8F2N2O/c10-5-3-6(11)9-7(13-12)1-2-14-8(9)4-5/h3-4H,1-2,12H2. The topological polar surface area (TPSA) is 47.6 Å². The number of ether oxygens (including phenoxy) is 1. The first-order chi connectivity index (χ1) is 6.72. The second kappa shape index (κ2) is 3.25. The van der Waals surface area contributed by atoms with E-state index < -0.39 is 11.6 Å². The highest BCUT2D eigenvalue weighted by atomic mass is 19.1. The van der Waals surface area contributed by atoms with Crippen LogP contribution in [0.5, 0.6) is 5.75 Å². The zero-order valence-electron chi connectivity index (χ0n) is 7.26. The van der Waals surface area contributed by atoms with Crippen LogP contribution in [0.2, 0.25) is 0 Å². The second-order valence-corrected chi connectivity index (χ2v) is 2.94. The number of nitrogens with two attached hydrogens (primary N) is 1. The lowest BCUT2D eigenvalue weighted by atomic mass is 10.0. The van der Waals surface area contributed by atoms with E-state index in [4.69, 9.17) is 10.6 Å². The first kappa shape index (κ1) is 8.93. The molecule has 0 aromatic heterocycles. The minimum atomic E-state index is -0.691. The van der Waals surface area contributed by atoms with Crippen molar-refractivity contribution in [1.82, 2.24) is 0 Å². The number of nitrogens with zero attached hydrogens (tertiary/aromatic N) is 1. The molecule has 3 nitrogen and oxygen atoms in total. The summed E-state index contributed by atoms with van der Waals surface area (Å²) in [6.45, 7) is 0.339. The molecule has 1 aliphatic heterocycles. The molecule has 0 saturated carbocycles. The fourth-order valence-electron chi connectivity index (χ4n) is 1.46. The molecule has 14 heavy (non-hydrogen) atoms. The molecular weight excluding hydrogens is 190 g/mol. The average Bonchev–Trinajstić information content (AvgIpc) is 2.16. The monoisotopic (exact) mass is 198 g/mol. The smallest absolute Gasteiger partial charge is 0.138 e. The molecule has 5 heteroatoms. The molecular formula is C9H8F2N2O. The van der Waals surface area contributed by atoms with E-state index in [9.17, 15) is 8.78 Å². The lowest BCUT2D eigenvalue weighted by Gasteiger charge is -2.18. The predicted molar refractivity (Wildman–Crippen MR) is 47.2 cm³/mol. The summed E-state index contributed by atoms with van der Waals surface area (Å²) in [6, 6.07) is 1.92. The van der Waals surface area contributed by atoms with Crippen molar-refractivity contribution < 1.29 is 13.5 Å². The lowest BCUT2D eigenvalue weighted by molar-refractivity contribution is 0.315. The van der Waals surface area contributed by atoms with Gasteiger partial charge in [-0.3, -0.25) is 0 Å². The Balaban J connectivity index is 2.63. The van der Waals surface area contributed by atoms with Gasteiger partial charge in [-0.2, -0.15) is 5.10 Å². The molecule has 2 N–H and O–H groups in total. The molecule has 0 unspecified atom stereocenters. The van der Waals surface area contributed by atoms with E-state index in [0.717, 1.165) is 12.1 Å². The van der Waals surface area contributed by atoms with Crippen LogP contribution in [0.4, 0.5) is 8.78 Å². The Kier molecular flexibility index (Phi) is 2.07. The Morgan fingerprint density at radius 3 is 2.86 bits per heavy atom. The van der Waals surface area contributed by atoms with Crippen LogP contribution in [0, 0.1) is 11.6 Å². The molecule has 0 fully saturated rings. The summed E-state index contributed by atoms with van der Waals surface area (Å²) >= 11 is 0. The Bertz CT molecular complexity index is 404. The van der Waals surface area contributed by atoms with Crippen molar-refractivity contribution >= 4 is 5.71 Å². The number of hydrogen-bond donors (Lipinski definition) is 1. The maximum Gasteiger partial charge on any atom is 0.138 e. The van der Waals surface area contributed by atoms with Crippen LogP contribution in [-0.2, 0) is 0 Å². The molecule has 1 aromatic carbocycles. The predicted octanol–water partition coefficient (Wildman–Crippen LogP) is 1.41. The third kappa shape index (κ3) is 1.30. The van der Waals surface area contributed by atoms with Gasteiger partial charge in [0.05, 0.1) is 17.9 Å². The maximum absolute atomic E-state index is 13.3. The normalized spacial score (nSPS) is 17.7. The molecule has 0 bridgehead atoms. The zero-order valence-corrected chi connectivity index (χ0v) is 7.26. The van der Waals surface area contributed by atoms with Crippen LogP contribution in [0.1, 0.15) is 12.0 Å². The first-order valence-electron chi connectivity index (χ1n) is 4.11. The molecule has 0 atom stereocenters. The van der Waals surface area contributed by atoms with Crippen LogP contribution in [0.15, 0.2) is 17.2 Å². The molecule has 0 amide bonds. The van der Waals surface area contributed by atoms with Gasteiger partial charge >= 0.3 is 0 Å². The minimum absolute atomic E-state index is 0.165. The van der Waals surface area contributed by atoms with E-state index in [1.165, 1.54) is 0 Å². The molecule has 1 aromatic rings. The van der Waals surface area contributed by atoms with E-state index in [0.29, 0.717) is 18.7 Å². The molecule has 1 heterocycles. The summed E-state index contributed by atoms with van der Waals surface area (Å²) in [5.74, 6) is 3.90. The molecule has 74 valence electrons. The van der Waals surface area contributed by atoms with Crippen LogP contribution in [0.3, 0.4) is 0 Å². The number of benzene rings is 1. The SMILES string of the molecule is NN=C1CCOc2cc(F)cc(F)c21. The number of rotatable bonds is 0. The fourth-order valence-corrected chi connectivity index (χ4v) is 1.46. The number of halogens is 2. The van der Waals surface area contributed by atoms with Crippen molar-refractivity contribution in [3.63, 3.8) is 0 Å². The van der Waals surface area contributed by atoms with Crippen LogP contribution in [-0.4, -0.2) is 12.3 Å². The van der Waals surface area contributed by atoms with Crippen molar-refractivity contribution in [3.8, 4) is 5.75 Å². The Hall–Kier alpha value is -1.65.